The highest BCUT2D eigenvalue weighted by molar-refractivity contribution is 5.34. The van der Waals surface area contributed by atoms with Gasteiger partial charge in [-0.3, -0.25) is 0 Å². The highest BCUT2D eigenvalue weighted by atomic mass is 16.4. The number of hydrogen-bond donors (Lipinski definition) is 0. The summed E-state index contributed by atoms with van der Waals surface area (Å²) < 4.78 is 5.32. The Bertz CT molecular complexity index is 339. The molecule has 1 unspecified atom stereocenters. The van der Waals surface area contributed by atoms with Crippen LogP contribution in [0.2, 0.25) is 0 Å². The van der Waals surface area contributed by atoms with Crippen LogP contribution in [0.5, 0.6) is 0 Å². The zero-order chi connectivity index (χ0) is 10.3. The molecule has 0 amide bonds. The molecular formula is C10H16N4O. The van der Waals surface area contributed by atoms with E-state index in [9.17, 15) is 0 Å². The second kappa shape index (κ2) is 3.20. The summed E-state index contributed by atoms with van der Waals surface area (Å²) in [5.41, 5.74) is 0.265. The molecule has 5 heteroatoms. The lowest BCUT2D eigenvalue weighted by atomic mass is 9.95. The molecule has 2 aliphatic heterocycles. The summed E-state index contributed by atoms with van der Waals surface area (Å²) in [7, 11) is 2.18. The summed E-state index contributed by atoms with van der Waals surface area (Å²) in [5.74, 6) is 0. The first-order valence-electron chi connectivity index (χ1n) is 5.53. The smallest absolute Gasteiger partial charge is 0.318 e. The molecule has 1 spiro atoms. The molecule has 15 heavy (non-hydrogen) atoms. The van der Waals surface area contributed by atoms with Crippen molar-refractivity contribution in [3.05, 3.63) is 6.39 Å². The van der Waals surface area contributed by atoms with E-state index < -0.39 is 0 Å². The van der Waals surface area contributed by atoms with Gasteiger partial charge in [0.1, 0.15) is 0 Å². The van der Waals surface area contributed by atoms with E-state index >= 15 is 0 Å². The minimum atomic E-state index is 0.265. The van der Waals surface area contributed by atoms with Gasteiger partial charge < -0.3 is 14.2 Å². The van der Waals surface area contributed by atoms with Gasteiger partial charge in [0.2, 0.25) is 6.39 Å². The zero-order valence-corrected chi connectivity index (χ0v) is 9.02. The van der Waals surface area contributed by atoms with Crippen LogP contribution in [0.25, 0.3) is 0 Å². The van der Waals surface area contributed by atoms with Gasteiger partial charge in [0.15, 0.2) is 0 Å². The standard InChI is InChI=1S/C10H16N4O/c1-13-6-4-10(7-13)3-2-5-14(10)9-12-11-8-15-9/h8H,2-7H2,1H3. The van der Waals surface area contributed by atoms with Crippen LogP contribution in [-0.2, 0) is 0 Å². The van der Waals surface area contributed by atoms with Crippen LogP contribution in [-0.4, -0.2) is 47.3 Å². The second-order valence-electron chi connectivity index (χ2n) is 4.69. The van der Waals surface area contributed by atoms with E-state index in [-0.39, 0.29) is 5.54 Å². The molecule has 0 saturated carbocycles. The van der Waals surface area contributed by atoms with Gasteiger partial charge in [-0.25, -0.2) is 0 Å². The number of hydrogen-bond acceptors (Lipinski definition) is 5. The van der Waals surface area contributed by atoms with Crippen LogP contribution < -0.4 is 4.90 Å². The SMILES string of the molecule is CN1CCC2(CCCN2c2nnco2)C1. The van der Waals surface area contributed by atoms with E-state index in [1.807, 2.05) is 0 Å². The molecule has 1 aromatic heterocycles. The van der Waals surface area contributed by atoms with Gasteiger partial charge in [-0.1, -0.05) is 5.10 Å². The van der Waals surface area contributed by atoms with Gasteiger partial charge in [-0.2, -0.15) is 0 Å². The largest absolute Gasteiger partial charge is 0.411 e. The first kappa shape index (κ1) is 9.15. The van der Waals surface area contributed by atoms with Crippen molar-refractivity contribution in [2.24, 2.45) is 0 Å². The summed E-state index contributed by atoms with van der Waals surface area (Å²) in [6.07, 6.45) is 5.11. The molecule has 0 aliphatic carbocycles. The Morgan fingerprint density at radius 3 is 3.00 bits per heavy atom. The molecule has 82 valence electrons. The molecule has 5 nitrogen and oxygen atoms in total. The average Bonchev–Trinajstić information content (AvgIpc) is 2.89. The van der Waals surface area contributed by atoms with E-state index in [0.29, 0.717) is 6.01 Å². The van der Waals surface area contributed by atoms with E-state index in [1.165, 1.54) is 32.2 Å². The number of likely N-dealkylation sites (tertiary alicyclic amines) is 1. The molecule has 3 heterocycles. The predicted octanol–water partition coefficient (Wildman–Crippen LogP) is 0.744. The Hall–Kier alpha value is -1.10. The number of aromatic nitrogens is 2. The van der Waals surface area contributed by atoms with Crippen LogP contribution in [0, 0.1) is 0 Å². The third-order valence-electron chi connectivity index (χ3n) is 3.70. The first-order valence-corrected chi connectivity index (χ1v) is 5.53. The van der Waals surface area contributed by atoms with E-state index in [1.54, 1.807) is 0 Å². The van der Waals surface area contributed by atoms with Crippen molar-refractivity contribution < 1.29 is 4.42 Å². The zero-order valence-electron chi connectivity index (χ0n) is 9.02. The Morgan fingerprint density at radius 2 is 2.33 bits per heavy atom. The van der Waals surface area contributed by atoms with E-state index in [2.05, 4.69) is 27.0 Å². The van der Waals surface area contributed by atoms with Gasteiger partial charge in [0.25, 0.3) is 0 Å². The fraction of sp³-hybridized carbons (Fsp3) is 0.800. The van der Waals surface area contributed by atoms with Gasteiger partial charge in [-0.15, -0.1) is 5.10 Å². The number of rotatable bonds is 1. The molecule has 0 bridgehead atoms. The lowest BCUT2D eigenvalue weighted by molar-refractivity contribution is 0.357. The minimum Gasteiger partial charge on any atom is -0.411 e. The Balaban J connectivity index is 1.89. The summed E-state index contributed by atoms with van der Waals surface area (Å²) in [6, 6.07) is 0.697. The normalized spacial score (nSPS) is 31.9. The Morgan fingerprint density at radius 1 is 1.40 bits per heavy atom. The molecule has 1 atom stereocenters. The fourth-order valence-corrected chi connectivity index (χ4v) is 3.01. The molecule has 0 N–H and O–H groups in total. The van der Waals surface area contributed by atoms with E-state index in [0.717, 1.165) is 13.1 Å². The second-order valence-corrected chi connectivity index (χ2v) is 4.69. The molecule has 1 aromatic rings. The number of likely N-dealkylation sites (N-methyl/N-ethyl adjacent to an activating group) is 1. The van der Waals surface area contributed by atoms with Crippen molar-refractivity contribution in [1.29, 1.82) is 0 Å². The lowest BCUT2D eigenvalue weighted by Crippen LogP contribution is -2.46. The van der Waals surface area contributed by atoms with Crippen molar-refractivity contribution in [2.75, 3.05) is 31.6 Å². The first-order chi connectivity index (χ1) is 7.30. The predicted molar refractivity (Wildman–Crippen MR) is 55.7 cm³/mol. The summed E-state index contributed by atoms with van der Waals surface area (Å²) in [6.45, 7) is 3.34. The summed E-state index contributed by atoms with van der Waals surface area (Å²) in [4.78, 5) is 4.69. The van der Waals surface area contributed by atoms with Crippen LogP contribution in [0.1, 0.15) is 19.3 Å². The average molecular weight is 208 g/mol. The molecule has 2 aliphatic rings. The fourth-order valence-electron chi connectivity index (χ4n) is 3.01. The minimum absolute atomic E-state index is 0.265. The quantitative estimate of drug-likeness (QED) is 0.681. The van der Waals surface area contributed by atoms with Crippen LogP contribution in [0.4, 0.5) is 6.01 Å². The topological polar surface area (TPSA) is 45.4 Å². The molecule has 2 saturated heterocycles. The molecule has 0 radical (unpaired) electrons. The Labute approximate surface area is 89.1 Å². The van der Waals surface area contributed by atoms with Gasteiger partial charge >= 0.3 is 6.01 Å². The molecule has 3 rings (SSSR count). The monoisotopic (exact) mass is 208 g/mol. The third-order valence-corrected chi connectivity index (χ3v) is 3.70. The maximum Gasteiger partial charge on any atom is 0.318 e. The Kier molecular flexibility index (Phi) is 1.95. The highest BCUT2D eigenvalue weighted by Gasteiger charge is 2.46. The van der Waals surface area contributed by atoms with Gasteiger partial charge in [0, 0.05) is 19.6 Å². The van der Waals surface area contributed by atoms with Crippen LogP contribution in [0.15, 0.2) is 10.8 Å². The van der Waals surface area contributed by atoms with Crippen LogP contribution >= 0.6 is 0 Å². The molecule has 2 fully saturated rings. The van der Waals surface area contributed by atoms with Crippen molar-refractivity contribution in [3.8, 4) is 0 Å². The molecular weight excluding hydrogens is 192 g/mol. The maximum atomic E-state index is 5.32. The third kappa shape index (κ3) is 1.33. The summed E-state index contributed by atoms with van der Waals surface area (Å²) >= 11 is 0. The van der Waals surface area contributed by atoms with E-state index in [4.69, 9.17) is 4.42 Å². The van der Waals surface area contributed by atoms with Crippen LogP contribution in [0.3, 0.4) is 0 Å². The van der Waals surface area contributed by atoms with Crippen molar-refractivity contribution in [1.82, 2.24) is 15.1 Å². The molecule has 0 aromatic carbocycles. The van der Waals surface area contributed by atoms with Gasteiger partial charge in [0.05, 0.1) is 5.54 Å². The number of nitrogens with zero attached hydrogens (tertiary/aromatic N) is 4. The van der Waals surface area contributed by atoms with Gasteiger partial charge in [-0.05, 0) is 26.3 Å². The van der Waals surface area contributed by atoms with Crippen molar-refractivity contribution in [3.63, 3.8) is 0 Å². The highest BCUT2D eigenvalue weighted by Crippen LogP contribution is 2.39. The lowest BCUT2D eigenvalue weighted by Gasteiger charge is -2.33. The summed E-state index contributed by atoms with van der Waals surface area (Å²) in [5, 5.41) is 7.80. The number of anilines is 1. The van der Waals surface area contributed by atoms with Crippen molar-refractivity contribution >= 4 is 6.01 Å². The van der Waals surface area contributed by atoms with Crippen molar-refractivity contribution in [2.45, 2.75) is 24.8 Å². The maximum absolute atomic E-state index is 5.32.